The van der Waals surface area contributed by atoms with Gasteiger partial charge in [-0.3, -0.25) is 10.2 Å². The van der Waals surface area contributed by atoms with Crippen LogP contribution in [0, 0.1) is 0 Å². The van der Waals surface area contributed by atoms with Gasteiger partial charge in [-0.2, -0.15) is 0 Å². The molecule has 0 atom stereocenters. The first-order valence-corrected chi connectivity index (χ1v) is 9.10. The Hall–Kier alpha value is -3.19. The van der Waals surface area contributed by atoms with Gasteiger partial charge in [0, 0.05) is 13.1 Å². The summed E-state index contributed by atoms with van der Waals surface area (Å²) in [6, 6.07) is 20.0. The van der Waals surface area contributed by atoms with Gasteiger partial charge >= 0.3 is 11.9 Å². The van der Waals surface area contributed by atoms with E-state index in [1.165, 1.54) is 6.42 Å². The molecule has 1 aliphatic heterocycles. The predicted molar refractivity (Wildman–Crippen MR) is 104 cm³/mol. The molecule has 0 spiro atoms. The maximum Gasteiger partial charge on any atom is 0.414 e. The highest BCUT2D eigenvalue weighted by Crippen LogP contribution is 2.25. The number of hydrogen-bond donors (Lipinski definition) is 3. The van der Waals surface area contributed by atoms with Crippen LogP contribution in [0.15, 0.2) is 60.7 Å². The van der Waals surface area contributed by atoms with Crippen molar-refractivity contribution in [2.75, 3.05) is 13.1 Å². The summed E-state index contributed by atoms with van der Waals surface area (Å²) in [5, 5.41) is 16.8. The van der Waals surface area contributed by atoms with Crippen molar-refractivity contribution in [1.82, 2.24) is 10.4 Å². The van der Waals surface area contributed by atoms with E-state index in [2.05, 4.69) is 10.4 Å². The highest BCUT2D eigenvalue weighted by Gasteiger charge is 2.24. The second-order valence-electron chi connectivity index (χ2n) is 6.39. The normalized spacial score (nSPS) is 13.9. The molecule has 1 fully saturated rings. The Bertz CT molecular complexity index is 722. The molecule has 0 saturated carbocycles. The summed E-state index contributed by atoms with van der Waals surface area (Å²) in [6.07, 6.45) is 3.57. The highest BCUT2D eigenvalue weighted by molar-refractivity contribution is 6.27. The average Bonchev–Trinajstić information content (AvgIpc) is 2.71. The molecule has 0 aromatic heterocycles. The molecule has 148 valence electrons. The zero-order valence-corrected chi connectivity index (χ0v) is 15.5. The molecule has 2 aromatic rings. The van der Waals surface area contributed by atoms with Crippen LogP contribution in [0.2, 0.25) is 0 Å². The number of aliphatic carboxylic acids is 2. The van der Waals surface area contributed by atoms with Gasteiger partial charge in [-0.1, -0.05) is 67.1 Å². The average molecular weight is 384 g/mol. The SMILES string of the molecule is O=C(NN1CCCCC1)C(c1ccccc1)c1ccccc1.O=C(O)C(=O)O. The third-order valence-electron chi connectivity index (χ3n) is 4.34. The maximum absolute atomic E-state index is 12.9. The number of amides is 1. The fraction of sp³-hybridized carbons (Fsp3) is 0.286. The van der Waals surface area contributed by atoms with Crippen molar-refractivity contribution < 1.29 is 24.6 Å². The van der Waals surface area contributed by atoms with Gasteiger partial charge < -0.3 is 10.2 Å². The monoisotopic (exact) mass is 384 g/mol. The van der Waals surface area contributed by atoms with Crippen molar-refractivity contribution in [3.63, 3.8) is 0 Å². The largest absolute Gasteiger partial charge is 0.473 e. The summed E-state index contributed by atoms with van der Waals surface area (Å²) >= 11 is 0. The molecule has 3 rings (SSSR count). The predicted octanol–water partition coefficient (Wildman–Crippen LogP) is 2.49. The summed E-state index contributed by atoms with van der Waals surface area (Å²) in [5.74, 6) is -3.85. The Morgan fingerprint density at radius 2 is 1.18 bits per heavy atom. The number of hydrogen-bond acceptors (Lipinski definition) is 4. The second-order valence-corrected chi connectivity index (χ2v) is 6.39. The van der Waals surface area contributed by atoms with Gasteiger partial charge in [0.2, 0.25) is 5.91 Å². The number of benzene rings is 2. The van der Waals surface area contributed by atoms with Gasteiger partial charge in [-0.05, 0) is 24.0 Å². The van der Waals surface area contributed by atoms with E-state index in [9.17, 15) is 4.79 Å². The Morgan fingerprint density at radius 1 is 0.750 bits per heavy atom. The van der Waals surface area contributed by atoms with Crippen LogP contribution in [-0.4, -0.2) is 46.2 Å². The van der Waals surface area contributed by atoms with E-state index in [1.54, 1.807) is 0 Å². The first-order chi connectivity index (χ1) is 13.5. The Morgan fingerprint density at radius 3 is 1.57 bits per heavy atom. The molecular formula is C21H24N2O5. The minimum atomic E-state index is -1.82. The van der Waals surface area contributed by atoms with Crippen molar-refractivity contribution >= 4 is 17.8 Å². The number of rotatable bonds is 4. The van der Waals surface area contributed by atoms with E-state index in [0.717, 1.165) is 37.1 Å². The molecule has 28 heavy (non-hydrogen) atoms. The number of piperidine rings is 1. The van der Waals surface area contributed by atoms with E-state index < -0.39 is 11.9 Å². The van der Waals surface area contributed by atoms with Crippen molar-refractivity contribution in [2.24, 2.45) is 0 Å². The third-order valence-corrected chi connectivity index (χ3v) is 4.34. The van der Waals surface area contributed by atoms with Gasteiger partial charge in [0.05, 0.1) is 5.92 Å². The first kappa shape index (κ1) is 21.1. The van der Waals surface area contributed by atoms with Gasteiger partial charge in [0.15, 0.2) is 0 Å². The standard InChI is InChI=1S/C19H22N2O.C2H2O4/c22-19(20-21-14-8-3-9-15-21)18(16-10-4-1-5-11-16)17-12-6-2-7-13-17;3-1(4)2(5)6/h1-2,4-7,10-13,18H,3,8-9,14-15H2,(H,20,22);(H,3,4)(H,5,6). The van der Waals surface area contributed by atoms with Crippen LogP contribution in [-0.2, 0) is 14.4 Å². The Labute approximate surface area is 163 Å². The minimum absolute atomic E-state index is 0.0549. The summed E-state index contributed by atoms with van der Waals surface area (Å²) in [6.45, 7) is 1.89. The molecule has 0 radical (unpaired) electrons. The van der Waals surface area contributed by atoms with Crippen molar-refractivity contribution in [3.05, 3.63) is 71.8 Å². The van der Waals surface area contributed by atoms with Crippen molar-refractivity contribution in [3.8, 4) is 0 Å². The summed E-state index contributed by atoms with van der Waals surface area (Å²) in [7, 11) is 0. The Kier molecular flexibility index (Phi) is 8.17. The van der Waals surface area contributed by atoms with Gasteiger partial charge in [0.25, 0.3) is 0 Å². The van der Waals surface area contributed by atoms with Crippen LogP contribution < -0.4 is 5.43 Å². The summed E-state index contributed by atoms with van der Waals surface area (Å²) < 4.78 is 0. The van der Waals surface area contributed by atoms with E-state index in [1.807, 2.05) is 60.7 Å². The van der Waals surface area contributed by atoms with Crippen LogP contribution in [0.5, 0.6) is 0 Å². The summed E-state index contributed by atoms with van der Waals surface area (Å²) in [5.41, 5.74) is 5.17. The lowest BCUT2D eigenvalue weighted by Gasteiger charge is -2.29. The van der Waals surface area contributed by atoms with Crippen LogP contribution in [0.1, 0.15) is 36.3 Å². The fourth-order valence-electron chi connectivity index (χ4n) is 3.01. The van der Waals surface area contributed by atoms with E-state index in [-0.39, 0.29) is 11.8 Å². The molecule has 0 bridgehead atoms. The zero-order chi connectivity index (χ0) is 20.4. The zero-order valence-electron chi connectivity index (χ0n) is 15.5. The fourth-order valence-corrected chi connectivity index (χ4v) is 3.01. The number of carbonyl (C=O) groups excluding carboxylic acids is 1. The topological polar surface area (TPSA) is 107 Å². The number of carboxylic acids is 2. The smallest absolute Gasteiger partial charge is 0.414 e. The van der Waals surface area contributed by atoms with Crippen LogP contribution in [0.3, 0.4) is 0 Å². The molecule has 3 N–H and O–H groups in total. The number of nitrogens with one attached hydrogen (secondary N) is 1. The molecule has 1 saturated heterocycles. The molecule has 7 heteroatoms. The van der Waals surface area contributed by atoms with E-state index in [0.29, 0.717) is 0 Å². The second kappa shape index (κ2) is 10.8. The number of hydrazine groups is 1. The molecule has 1 heterocycles. The highest BCUT2D eigenvalue weighted by atomic mass is 16.4. The molecule has 0 unspecified atom stereocenters. The lowest BCUT2D eigenvalue weighted by molar-refractivity contribution is -0.159. The first-order valence-electron chi connectivity index (χ1n) is 9.10. The van der Waals surface area contributed by atoms with Gasteiger partial charge in [0.1, 0.15) is 0 Å². The molecule has 2 aromatic carbocycles. The number of nitrogens with zero attached hydrogens (tertiary/aromatic N) is 1. The van der Waals surface area contributed by atoms with E-state index >= 15 is 0 Å². The molecule has 1 aliphatic rings. The quantitative estimate of drug-likeness (QED) is 0.699. The number of carboxylic acid groups (broad SMARTS) is 2. The summed E-state index contributed by atoms with van der Waals surface area (Å²) in [4.78, 5) is 31.1. The van der Waals surface area contributed by atoms with Crippen LogP contribution in [0.25, 0.3) is 0 Å². The van der Waals surface area contributed by atoms with Crippen LogP contribution >= 0.6 is 0 Å². The molecular weight excluding hydrogens is 360 g/mol. The Balaban J connectivity index is 0.000000409. The minimum Gasteiger partial charge on any atom is -0.473 e. The number of carbonyl (C=O) groups is 3. The lowest BCUT2D eigenvalue weighted by atomic mass is 9.91. The lowest BCUT2D eigenvalue weighted by Crippen LogP contribution is -2.47. The molecule has 0 aliphatic carbocycles. The third kappa shape index (κ3) is 6.51. The maximum atomic E-state index is 12.9. The van der Waals surface area contributed by atoms with Crippen molar-refractivity contribution in [1.29, 1.82) is 0 Å². The van der Waals surface area contributed by atoms with E-state index in [4.69, 9.17) is 19.8 Å². The van der Waals surface area contributed by atoms with Gasteiger partial charge in [-0.15, -0.1) is 0 Å². The van der Waals surface area contributed by atoms with Crippen LogP contribution in [0.4, 0.5) is 0 Å². The van der Waals surface area contributed by atoms with Gasteiger partial charge in [-0.25, -0.2) is 14.6 Å². The molecule has 7 nitrogen and oxygen atoms in total. The van der Waals surface area contributed by atoms with Crippen molar-refractivity contribution in [2.45, 2.75) is 25.2 Å². The molecule has 1 amide bonds.